The minimum atomic E-state index is -1.03. The van der Waals surface area contributed by atoms with Gasteiger partial charge in [-0.1, -0.05) is 5.21 Å². The monoisotopic (exact) mass is 242 g/mol. The Bertz CT molecular complexity index is 353. The third kappa shape index (κ3) is 4.92. The highest BCUT2D eigenvalue weighted by molar-refractivity contribution is 5.73. The molecule has 1 aromatic rings. The third-order valence-corrected chi connectivity index (χ3v) is 2.21. The van der Waals surface area contributed by atoms with Crippen molar-refractivity contribution in [3.63, 3.8) is 0 Å². The van der Waals surface area contributed by atoms with Gasteiger partial charge in [-0.15, -0.1) is 5.10 Å². The SMILES string of the molecule is CCOCCCn1cc(CC(N)C(=O)O)nn1. The Morgan fingerprint density at radius 1 is 1.71 bits per heavy atom. The first-order valence-corrected chi connectivity index (χ1v) is 5.58. The smallest absolute Gasteiger partial charge is 0.320 e. The van der Waals surface area contributed by atoms with Gasteiger partial charge in [0.15, 0.2) is 0 Å². The fourth-order valence-electron chi connectivity index (χ4n) is 1.33. The first-order chi connectivity index (χ1) is 8.13. The van der Waals surface area contributed by atoms with Gasteiger partial charge >= 0.3 is 5.97 Å². The van der Waals surface area contributed by atoms with Gasteiger partial charge in [0.25, 0.3) is 0 Å². The van der Waals surface area contributed by atoms with Crippen LogP contribution in [0.2, 0.25) is 0 Å². The molecule has 0 aliphatic rings. The summed E-state index contributed by atoms with van der Waals surface area (Å²) < 4.78 is 6.87. The number of nitrogens with zero attached hydrogens (tertiary/aromatic N) is 3. The maximum absolute atomic E-state index is 10.6. The van der Waals surface area contributed by atoms with E-state index < -0.39 is 12.0 Å². The van der Waals surface area contributed by atoms with Crippen molar-refractivity contribution in [1.29, 1.82) is 0 Å². The van der Waals surface area contributed by atoms with E-state index in [1.165, 1.54) is 0 Å². The van der Waals surface area contributed by atoms with Gasteiger partial charge in [-0.2, -0.15) is 0 Å². The van der Waals surface area contributed by atoms with Crippen molar-refractivity contribution in [2.75, 3.05) is 13.2 Å². The first kappa shape index (κ1) is 13.6. The van der Waals surface area contributed by atoms with Crippen molar-refractivity contribution in [1.82, 2.24) is 15.0 Å². The quantitative estimate of drug-likeness (QED) is 0.604. The Labute approximate surface area is 99.6 Å². The van der Waals surface area contributed by atoms with Crippen LogP contribution in [0.15, 0.2) is 6.20 Å². The van der Waals surface area contributed by atoms with E-state index in [0.717, 1.165) is 6.42 Å². The van der Waals surface area contributed by atoms with Crippen LogP contribution < -0.4 is 5.73 Å². The van der Waals surface area contributed by atoms with Gasteiger partial charge in [-0.05, 0) is 13.3 Å². The van der Waals surface area contributed by atoms with Gasteiger partial charge in [0.2, 0.25) is 0 Å². The molecule has 17 heavy (non-hydrogen) atoms. The number of aliphatic carboxylic acids is 1. The number of carbonyl (C=O) groups is 1. The summed E-state index contributed by atoms with van der Waals surface area (Å²) in [6.07, 6.45) is 2.76. The zero-order chi connectivity index (χ0) is 12.7. The van der Waals surface area contributed by atoms with E-state index in [1.807, 2.05) is 6.92 Å². The number of carboxylic acids is 1. The molecule has 1 rings (SSSR count). The van der Waals surface area contributed by atoms with Gasteiger partial charge < -0.3 is 15.6 Å². The molecular formula is C10H18N4O3. The molecule has 3 N–H and O–H groups in total. The van der Waals surface area contributed by atoms with E-state index >= 15 is 0 Å². The standard InChI is InChI=1S/C10H18N4O3/c1-2-17-5-3-4-14-7-8(12-13-14)6-9(11)10(15)16/h7,9H,2-6,11H2,1H3,(H,15,16). The highest BCUT2D eigenvalue weighted by Gasteiger charge is 2.14. The lowest BCUT2D eigenvalue weighted by Gasteiger charge is -2.02. The Kier molecular flexibility index (Phi) is 5.58. The number of hydrogen-bond acceptors (Lipinski definition) is 5. The number of carboxylic acid groups (broad SMARTS) is 1. The Morgan fingerprint density at radius 2 is 2.47 bits per heavy atom. The predicted molar refractivity (Wildman–Crippen MR) is 60.4 cm³/mol. The second kappa shape index (κ2) is 6.97. The molecule has 1 unspecified atom stereocenters. The van der Waals surface area contributed by atoms with Crippen molar-refractivity contribution < 1.29 is 14.6 Å². The Hall–Kier alpha value is -1.47. The average molecular weight is 242 g/mol. The molecule has 0 aliphatic carbocycles. The molecular weight excluding hydrogens is 224 g/mol. The Morgan fingerprint density at radius 3 is 3.12 bits per heavy atom. The van der Waals surface area contributed by atoms with Gasteiger partial charge in [-0.25, -0.2) is 0 Å². The van der Waals surface area contributed by atoms with E-state index in [9.17, 15) is 4.79 Å². The van der Waals surface area contributed by atoms with Gasteiger partial charge in [0.05, 0.1) is 5.69 Å². The van der Waals surface area contributed by atoms with Crippen LogP contribution in [-0.4, -0.2) is 45.3 Å². The summed E-state index contributed by atoms with van der Waals surface area (Å²) in [5.41, 5.74) is 5.99. The molecule has 1 atom stereocenters. The van der Waals surface area contributed by atoms with E-state index in [1.54, 1.807) is 10.9 Å². The molecule has 1 aromatic heterocycles. The number of hydrogen-bond donors (Lipinski definition) is 2. The van der Waals surface area contributed by atoms with Crippen LogP contribution in [0.5, 0.6) is 0 Å². The predicted octanol–water partition coefficient (Wildman–Crippen LogP) is -0.341. The minimum absolute atomic E-state index is 0.195. The number of nitrogens with two attached hydrogens (primary N) is 1. The normalized spacial score (nSPS) is 12.6. The molecule has 0 spiro atoms. The summed E-state index contributed by atoms with van der Waals surface area (Å²) in [6.45, 7) is 4.03. The van der Waals surface area contributed by atoms with Crippen molar-refractivity contribution in [3.8, 4) is 0 Å². The van der Waals surface area contributed by atoms with Crippen LogP contribution in [0, 0.1) is 0 Å². The highest BCUT2D eigenvalue weighted by atomic mass is 16.5. The molecule has 1 heterocycles. The lowest BCUT2D eigenvalue weighted by molar-refractivity contribution is -0.138. The molecule has 7 nitrogen and oxygen atoms in total. The average Bonchev–Trinajstić information content (AvgIpc) is 2.72. The van der Waals surface area contributed by atoms with Crippen LogP contribution in [0.3, 0.4) is 0 Å². The second-order valence-electron chi connectivity index (χ2n) is 3.67. The number of rotatable bonds is 8. The van der Waals surface area contributed by atoms with Crippen LogP contribution in [0.1, 0.15) is 19.0 Å². The second-order valence-corrected chi connectivity index (χ2v) is 3.67. The van der Waals surface area contributed by atoms with Gasteiger partial charge in [0, 0.05) is 32.4 Å². The van der Waals surface area contributed by atoms with E-state index in [0.29, 0.717) is 25.5 Å². The van der Waals surface area contributed by atoms with Crippen LogP contribution in [0.25, 0.3) is 0 Å². The molecule has 0 saturated heterocycles. The molecule has 0 amide bonds. The lowest BCUT2D eigenvalue weighted by Crippen LogP contribution is -2.32. The zero-order valence-corrected chi connectivity index (χ0v) is 9.87. The van der Waals surface area contributed by atoms with Crippen LogP contribution >= 0.6 is 0 Å². The molecule has 7 heteroatoms. The van der Waals surface area contributed by atoms with E-state index in [4.69, 9.17) is 15.6 Å². The molecule has 0 radical (unpaired) electrons. The zero-order valence-electron chi connectivity index (χ0n) is 9.87. The van der Waals surface area contributed by atoms with E-state index in [2.05, 4.69) is 10.3 Å². The summed E-state index contributed by atoms with van der Waals surface area (Å²) in [6, 6.07) is -0.927. The molecule has 0 aliphatic heterocycles. The third-order valence-electron chi connectivity index (χ3n) is 2.21. The summed E-state index contributed by atoms with van der Waals surface area (Å²) in [5, 5.41) is 16.4. The summed E-state index contributed by atoms with van der Waals surface area (Å²) in [4.78, 5) is 10.6. The van der Waals surface area contributed by atoms with Crippen LogP contribution in [-0.2, 0) is 22.5 Å². The summed E-state index contributed by atoms with van der Waals surface area (Å²) >= 11 is 0. The fraction of sp³-hybridized carbons (Fsp3) is 0.700. The van der Waals surface area contributed by atoms with Crippen molar-refractivity contribution in [2.24, 2.45) is 5.73 Å². The van der Waals surface area contributed by atoms with Gasteiger partial charge in [-0.3, -0.25) is 9.48 Å². The summed E-state index contributed by atoms with van der Waals surface area (Å²) in [5.74, 6) is -1.03. The highest BCUT2D eigenvalue weighted by Crippen LogP contribution is 1.99. The summed E-state index contributed by atoms with van der Waals surface area (Å²) in [7, 11) is 0. The number of aryl methyl sites for hydroxylation is 1. The van der Waals surface area contributed by atoms with Crippen molar-refractivity contribution in [3.05, 3.63) is 11.9 Å². The van der Waals surface area contributed by atoms with Crippen molar-refractivity contribution in [2.45, 2.75) is 32.4 Å². The topological polar surface area (TPSA) is 103 Å². The van der Waals surface area contributed by atoms with E-state index in [-0.39, 0.29) is 6.42 Å². The molecule has 0 fully saturated rings. The first-order valence-electron chi connectivity index (χ1n) is 5.58. The largest absolute Gasteiger partial charge is 0.480 e. The maximum Gasteiger partial charge on any atom is 0.320 e. The molecule has 0 bridgehead atoms. The molecule has 0 saturated carbocycles. The van der Waals surface area contributed by atoms with Crippen LogP contribution in [0.4, 0.5) is 0 Å². The number of ether oxygens (including phenoxy) is 1. The fourth-order valence-corrected chi connectivity index (χ4v) is 1.33. The minimum Gasteiger partial charge on any atom is -0.480 e. The number of aromatic nitrogens is 3. The lowest BCUT2D eigenvalue weighted by atomic mass is 10.2. The maximum atomic E-state index is 10.6. The molecule has 96 valence electrons. The Balaban J connectivity index is 2.34. The molecule has 0 aromatic carbocycles. The van der Waals surface area contributed by atoms with Gasteiger partial charge in [0.1, 0.15) is 6.04 Å². The van der Waals surface area contributed by atoms with Crippen molar-refractivity contribution >= 4 is 5.97 Å².